The maximum absolute atomic E-state index is 13.3. The van der Waals surface area contributed by atoms with Crippen LogP contribution in [0.5, 0.6) is 34.5 Å². The van der Waals surface area contributed by atoms with E-state index in [1.54, 1.807) is 12.1 Å². The van der Waals surface area contributed by atoms with Crippen LogP contribution in [0.25, 0.3) is 0 Å². The molecule has 25 heteroatoms. The van der Waals surface area contributed by atoms with E-state index in [4.69, 9.17) is 44.0 Å². The van der Waals surface area contributed by atoms with Crippen molar-refractivity contribution in [3.05, 3.63) is 163 Å². The minimum Gasteiger partial charge on any atom is -0.491 e. The third-order valence-electron chi connectivity index (χ3n) is 12.1. The second-order valence-electron chi connectivity index (χ2n) is 21.6. The average Bonchev–Trinajstić information content (AvgIpc) is 1.95. The molecular weight excluding hydrogens is 1150 g/mol. The molecule has 6 aromatic carbocycles. The van der Waals surface area contributed by atoms with Gasteiger partial charge in [-0.25, -0.2) is 4.79 Å². The number of nitrogens with two attached hydrogens (primary N) is 1. The van der Waals surface area contributed by atoms with Crippen LogP contribution in [0.1, 0.15) is 131 Å². The van der Waals surface area contributed by atoms with E-state index in [2.05, 4.69) is 21.3 Å². The van der Waals surface area contributed by atoms with Gasteiger partial charge in [-0.1, -0.05) is 62.3 Å². The lowest BCUT2D eigenvalue weighted by molar-refractivity contribution is -0.386. The van der Waals surface area contributed by atoms with E-state index >= 15 is 0 Å². The fourth-order valence-corrected chi connectivity index (χ4v) is 7.68. The third-order valence-corrected chi connectivity index (χ3v) is 12.1. The van der Waals surface area contributed by atoms with Gasteiger partial charge in [0.25, 0.3) is 23.6 Å². The lowest BCUT2D eigenvalue weighted by Crippen LogP contribution is -2.17. The molecule has 0 aliphatic rings. The molecule has 5 amide bonds. The number of hydrogen-bond donors (Lipinski definition) is 6. The van der Waals surface area contributed by atoms with Gasteiger partial charge in [-0.15, -0.1) is 0 Å². The van der Waals surface area contributed by atoms with Crippen LogP contribution in [-0.2, 0) is 4.74 Å². The lowest BCUT2D eigenvalue weighted by atomic mass is 10.1. The molecule has 6 aromatic rings. The number of aliphatic hydroxyl groups excluding tert-OH is 1. The maximum atomic E-state index is 13.3. The highest BCUT2D eigenvalue weighted by Gasteiger charge is 2.24. The molecule has 89 heavy (non-hydrogen) atoms. The molecule has 0 fully saturated rings. The van der Waals surface area contributed by atoms with Crippen molar-refractivity contribution >= 4 is 69.6 Å². The maximum Gasteiger partial charge on any atom is 0.337 e. The largest absolute Gasteiger partial charge is 0.491 e. The summed E-state index contributed by atoms with van der Waals surface area (Å²) in [6.45, 7) is 18.5. The fourth-order valence-electron chi connectivity index (χ4n) is 7.68. The number of esters is 1. The zero-order valence-electron chi connectivity index (χ0n) is 51.2. The minimum atomic E-state index is -0.651. The zero-order chi connectivity index (χ0) is 65.5. The topological polar surface area (TPSA) is 348 Å². The van der Waals surface area contributed by atoms with E-state index in [0.717, 1.165) is 6.07 Å². The first-order chi connectivity index (χ1) is 42.3. The molecule has 0 aromatic heterocycles. The van der Waals surface area contributed by atoms with E-state index in [0.29, 0.717) is 49.1 Å². The van der Waals surface area contributed by atoms with Gasteiger partial charge in [0.1, 0.15) is 29.6 Å². The van der Waals surface area contributed by atoms with Gasteiger partial charge >= 0.3 is 17.3 Å². The van der Waals surface area contributed by atoms with Crippen molar-refractivity contribution < 1.29 is 76.9 Å². The summed E-state index contributed by atoms with van der Waals surface area (Å²) in [6.07, 6.45) is 0.714. The molecule has 0 saturated carbocycles. The van der Waals surface area contributed by atoms with Crippen molar-refractivity contribution in [2.45, 2.75) is 68.7 Å². The van der Waals surface area contributed by atoms with E-state index in [9.17, 15) is 49.0 Å². The van der Waals surface area contributed by atoms with Crippen LogP contribution in [0.15, 0.2) is 109 Å². The lowest BCUT2D eigenvalue weighted by Gasteiger charge is -2.17. The van der Waals surface area contributed by atoms with Crippen molar-refractivity contribution in [1.29, 1.82) is 0 Å². The molecule has 7 N–H and O–H groups in total. The first-order valence-electron chi connectivity index (χ1n) is 28.5. The molecule has 474 valence electrons. The molecule has 0 atom stereocenters. The number of hydrogen-bond acceptors (Lipinski definition) is 18. The van der Waals surface area contributed by atoms with Gasteiger partial charge in [0.2, 0.25) is 5.91 Å². The van der Waals surface area contributed by atoms with E-state index in [1.165, 1.54) is 98.1 Å². The van der Waals surface area contributed by atoms with E-state index < -0.39 is 45.4 Å². The molecule has 0 radical (unpaired) electrons. The Morgan fingerprint density at radius 2 is 0.719 bits per heavy atom. The van der Waals surface area contributed by atoms with Crippen LogP contribution in [0.4, 0.5) is 34.1 Å². The Morgan fingerprint density at radius 3 is 1.04 bits per heavy atom. The summed E-state index contributed by atoms with van der Waals surface area (Å²) in [4.78, 5) is 98.3. The van der Waals surface area contributed by atoms with Crippen LogP contribution >= 0.6 is 0 Å². The van der Waals surface area contributed by atoms with Crippen LogP contribution in [-0.4, -0.2) is 104 Å². The molecular formula is C64H75N7O18. The molecule has 0 saturated heterocycles. The number of nitro groups is 2. The van der Waals surface area contributed by atoms with Crippen molar-refractivity contribution in [2.24, 2.45) is 29.4 Å². The Bertz CT molecular complexity index is 3510. The Balaban J connectivity index is 0.000000324. The second kappa shape index (κ2) is 33.6. The summed E-state index contributed by atoms with van der Waals surface area (Å²) < 4.78 is 39.1. The summed E-state index contributed by atoms with van der Waals surface area (Å²) in [5, 5.41) is 43.0. The highest BCUT2D eigenvalue weighted by Crippen LogP contribution is 2.35. The Hall–Kier alpha value is -10.3. The highest BCUT2D eigenvalue weighted by molar-refractivity contribution is 6.10. The minimum absolute atomic E-state index is 0.00782. The van der Waals surface area contributed by atoms with Crippen molar-refractivity contribution in [1.82, 2.24) is 0 Å². The standard InChI is InChI=1S/C33H39N3O9.C31H36N4O9/c1-7-14-43-28-17-24(33(39)42-6)9-12-25(28)34-31(37)22-8-11-26(29(15-22)44-18-20(2)3)35-32(38)23-10-13-27(36(40)41)30(16-23)45-19-21(4)5;1-18(2)16-43-26-13-20(29(32)37)5-8-23(26)33-30(38)21-6-9-24(27(14-21)44-17-19(3)4)34-31(39)22-7-10-25(35(40)41)28(15-22)42-12-11-36/h8-13,15-17,20-21H,7,14,18-19H2,1-6H3,(H,34,37)(H,35,38);5-10,13-15,18-19,36H,11-12,16-17H2,1-4H3,(H2,32,37)(H,33,38)(H,34,39). The predicted octanol–water partition coefficient (Wildman–Crippen LogP) is 11.4. The fraction of sp³-hybridized carbons (Fsp3) is 0.344. The highest BCUT2D eigenvalue weighted by atomic mass is 16.6. The van der Waals surface area contributed by atoms with Crippen LogP contribution in [0.2, 0.25) is 0 Å². The number of nitro benzene ring substituents is 2. The number of carbonyl (C=O) groups is 6. The molecule has 0 spiro atoms. The summed E-state index contributed by atoms with van der Waals surface area (Å²) in [5.74, 6) is -1.82. The zero-order valence-corrected chi connectivity index (χ0v) is 51.2. The SMILES string of the molecule is CC(C)COc1cc(C(N)=O)ccc1NC(=O)c1ccc(NC(=O)c2ccc([N+](=O)[O-])c(OCCO)c2)c(OCC(C)C)c1.CCCOc1cc(C(=O)OC)ccc1NC(=O)c1ccc(NC(=O)c2ccc([N+](=O)[O-])c(OCC(C)C)c2)c(OCC(C)C)c1. The van der Waals surface area contributed by atoms with Gasteiger partial charge in [-0.05, 0) is 115 Å². The van der Waals surface area contributed by atoms with Crippen LogP contribution in [0, 0.1) is 43.9 Å². The Kier molecular flexibility index (Phi) is 26.2. The van der Waals surface area contributed by atoms with Crippen LogP contribution < -0.4 is 55.4 Å². The van der Waals surface area contributed by atoms with Gasteiger partial charge in [-0.3, -0.25) is 44.2 Å². The Labute approximate surface area is 514 Å². The third kappa shape index (κ3) is 21.0. The van der Waals surface area contributed by atoms with E-state index in [-0.39, 0.29) is 129 Å². The number of benzene rings is 6. The van der Waals surface area contributed by atoms with Crippen molar-refractivity contribution in [2.75, 3.05) is 74.6 Å². The summed E-state index contributed by atoms with van der Waals surface area (Å²) in [5.41, 5.74) is 7.23. The van der Waals surface area contributed by atoms with Gasteiger partial charge in [0.15, 0.2) is 11.5 Å². The molecule has 0 bridgehead atoms. The number of aliphatic hydroxyl groups is 1. The number of methoxy groups -OCH3 is 1. The number of rotatable bonds is 30. The number of anilines is 4. The van der Waals surface area contributed by atoms with Crippen molar-refractivity contribution in [3.63, 3.8) is 0 Å². The number of nitrogens with zero attached hydrogens (tertiary/aromatic N) is 2. The second-order valence-corrected chi connectivity index (χ2v) is 21.6. The Morgan fingerprint density at radius 1 is 0.438 bits per heavy atom. The van der Waals surface area contributed by atoms with E-state index in [1.807, 2.05) is 62.3 Å². The number of primary amides is 1. The van der Waals surface area contributed by atoms with Gasteiger partial charge < -0.3 is 65.3 Å². The number of ether oxygens (including phenoxy) is 7. The number of amides is 5. The first-order valence-corrected chi connectivity index (χ1v) is 28.5. The van der Waals surface area contributed by atoms with Gasteiger partial charge in [0, 0.05) is 52.1 Å². The normalized spacial score (nSPS) is 10.8. The molecule has 25 nitrogen and oxygen atoms in total. The van der Waals surface area contributed by atoms with Gasteiger partial charge in [-0.2, -0.15) is 0 Å². The summed E-state index contributed by atoms with van der Waals surface area (Å²) >= 11 is 0. The quantitative estimate of drug-likeness (QED) is 0.0139. The molecule has 0 unspecified atom stereocenters. The molecule has 0 aliphatic carbocycles. The molecule has 6 rings (SSSR count). The monoisotopic (exact) mass is 1230 g/mol. The van der Waals surface area contributed by atoms with Gasteiger partial charge in [0.05, 0.1) is 84.9 Å². The number of carbonyl (C=O) groups excluding carboxylic acids is 6. The molecule has 0 heterocycles. The number of nitrogens with one attached hydrogen (secondary N) is 4. The predicted molar refractivity (Wildman–Crippen MR) is 333 cm³/mol. The molecule has 0 aliphatic heterocycles. The van der Waals surface area contributed by atoms with Crippen molar-refractivity contribution in [3.8, 4) is 34.5 Å². The summed E-state index contributed by atoms with van der Waals surface area (Å²) in [7, 11) is 1.28. The first kappa shape index (κ1) is 69.5. The smallest absolute Gasteiger partial charge is 0.337 e. The summed E-state index contributed by atoms with van der Waals surface area (Å²) in [6, 6.07) is 25.6. The average molecular weight is 1230 g/mol. The van der Waals surface area contributed by atoms with Crippen LogP contribution in [0.3, 0.4) is 0 Å².